The van der Waals surface area contributed by atoms with Crippen LogP contribution >= 0.6 is 0 Å². The molecule has 0 saturated carbocycles. The molecule has 0 bridgehead atoms. The summed E-state index contributed by atoms with van der Waals surface area (Å²) in [5.41, 5.74) is 0.623. The first kappa shape index (κ1) is 12.0. The van der Waals surface area contributed by atoms with Crippen LogP contribution < -0.4 is 10.1 Å². The highest BCUT2D eigenvalue weighted by atomic mass is 19.1. The van der Waals surface area contributed by atoms with E-state index >= 15 is 0 Å². The van der Waals surface area contributed by atoms with Crippen molar-refractivity contribution in [3.63, 3.8) is 0 Å². The second-order valence-electron chi connectivity index (χ2n) is 3.53. The van der Waals surface area contributed by atoms with Crippen LogP contribution in [0.25, 0.3) is 0 Å². The summed E-state index contributed by atoms with van der Waals surface area (Å²) < 4.78 is 17.9. The fourth-order valence-electron chi connectivity index (χ4n) is 1.40. The SMILES string of the molecule is COc1ccc(NC(=O)c2cccc(F)n2)cc1. The minimum absolute atomic E-state index is 0.0332. The molecule has 4 nitrogen and oxygen atoms in total. The average molecular weight is 246 g/mol. The number of ether oxygens (including phenoxy) is 1. The molecular weight excluding hydrogens is 235 g/mol. The molecule has 1 N–H and O–H groups in total. The molecule has 0 aliphatic rings. The number of methoxy groups -OCH3 is 1. The van der Waals surface area contributed by atoms with E-state index in [1.54, 1.807) is 31.4 Å². The number of carbonyl (C=O) groups excluding carboxylic acids is 1. The highest BCUT2D eigenvalue weighted by molar-refractivity contribution is 6.02. The second-order valence-corrected chi connectivity index (χ2v) is 3.53. The zero-order valence-electron chi connectivity index (χ0n) is 9.68. The average Bonchev–Trinajstić information content (AvgIpc) is 2.39. The van der Waals surface area contributed by atoms with E-state index in [2.05, 4.69) is 10.3 Å². The summed E-state index contributed by atoms with van der Waals surface area (Å²) in [6, 6.07) is 10.9. The maximum atomic E-state index is 12.9. The molecule has 0 aliphatic heterocycles. The normalized spacial score (nSPS) is 9.89. The van der Waals surface area contributed by atoms with Gasteiger partial charge < -0.3 is 10.1 Å². The topological polar surface area (TPSA) is 51.2 Å². The zero-order valence-corrected chi connectivity index (χ0v) is 9.68. The predicted octanol–water partition coefficient (Wildman–Crippen LogP) is 2.48. The van der Waals surface area contributed by atoms with Crippen LogP contribution in [-0.2, 0) is 0 Å². The van der Waals surface area contributed by atoms with Crippen LogP contribution in [0.15, 0.2) is 42.5 Å². The van der Waals surface area contributed by atoms with E-state index in [9.17, 15) is 9.18 Å². The molecule has 1 amide bonds. The first-order valence-corrected chi connectivity index (χ1v) is 5.27. The maximum Gasteiger partial charge on any atom is 0.274 e. The summed E-state index contributed by atoms with van der Waals surface area (Å²) in [7, 11) is 1.56. The Hall–Kier alpha value is -2.43. The number of aromatic nitrogens is 1. The van der Waals surface area contributed by atoms with Crippen LogP contribution in [-0.4, -0.2) is 18.0 Å². The lowest BCUT2D eigenvalue weighted by Gasteiger charge is -2.05. The Kier molecular flexibility index (Phi) is 3.52. The Balaban J connectivity index is 2.11. The molecule has 0 radical (unpaired) electrons. The van der Waals surface area contributed by atoms with Crippen molar-refractivity contribution in [2.45, 2.75) is 0 Å². The van der Waals surface area contributed by atoms with Crippen molar-refractivity contribution in [3.05, 3.63) is 54.1 Å². The molecule has 0 saturated heterocycles. The van der Waals surface area contributed by atoms with Crippen LogP contribution in [0, 0.1) is 5.95 Å². The van der Waals surface area contributed by atoms with Crippen LogP contribution in [0.3, 0.4) is 0 Å². The van der Waals surface area contributed by atoms with Gasteiger partial charge in [0, 0.05) is 5.69 Å². The Bertz CT molecular complexity index is 555. The van der Waals surface area contributed by atoms with Crippen molar-refractivity contribution in [2.75, 3.05) is 12.4 Å². The Morgan fingerprint density at radius 3 is 2.56 bits per heavy atom. The molecule has 1 heterocycles. The molecule has 5 heteroatoms. The van der Waals surface area contributed by atoms with Gasteiger partial charge in [0.2, 0.25) is 5.95 Å². The summed E-state index contributed by atoms with van der Waals surface area (Å²) in [6.07, 6.45) is 0. The van der Waals surface area contributed by atoms with Crippen molar-refractivity contribution in [2.24, 2.45) is 0 Å². The van der Waals surface area contributed by atoms with Gasteiger partial charge in [-0.15, -0.1) is 0 Å². The number of pyridine rings is 1. The van der Waals surface area contributed by atoms with Gasteiger partial charge in [0.25, 0.3) is 5.91 Å². The summed E-state index contributed by atoms with van der Waals surface area (Å²) in [5.74, 6) is -0.450. The standard InChI is InChI=1S/C13H11FN2O2/c1-18-10-7-5-9(6-8-10)15-13(17)11-3-2-4-12(14)16-11/h2-8H,1H3,(H,15,17). The largest absolute Gasteiger partial charge is 0.497 e. The van der Waals surface area contributed by atoms with Crippen molar-refractivity contribution < 1.29 is 13.9 Å². The summed E-state index contributed by atoms with van der Waals surface area (Å²) in [5, 5.41) is 2.61. The monoisotopic (exact) mass is 246 g/mol. The van der Waals surface area contributed by atoms with Crippen LogP contribution in [0.1, 0.15) is 10.5 Å². The van der Waals surface area contributed by atoms with E-state index in [1.165, 1.54) is 18.2 Å². The molecule has 0 aliphatic carbocycles. The highest BCUT2D eigenvalue weighted by Crippen LogP contribution is 2.15. The third-order valence-corrected chi connectivity index (χ3v) is 2.30. The lowest BCUT2D eigenvalue weighted by molar-refractivity contribution is 0.102. The minimum Gasteiger partial charge on any atom is -0.497 e. The van der Waals surface area contributed by atoms with Gasteiger partial charge in [0.1, 0.15) is 11.4 Å². The van der Waals surface area contributed by atoms with Crippen molar-refractivity contribution in [3.8, 4) is 5.75 Å². The van der Waals surface area contributed by atoms with E-state index < -0.39 is 11.9 Å². The van der Waals surface area contributed by atoms with E-state index in [1.807, 2.05) is 0 Å². The summed E-state index contributed by atoms with van der Waals surface area (Å²) in [4.78, 5) is 15.2. The van der Waals surface area contributed by atoms with Crippen LogP contribution in [0.4, 0.5) is 10.1 Å². The molecule has 0 unspecified atom stereocenters. The van der Waals surface area contributed by atoms with Gasteiger partial charge in [0.05, 0.1) is 7.11 Å². The third kappa shape index (κ3) is 2.82. The van der Waals surface area contributed by atoms with E-state index in [0.29, 0.717) is 11.4 Å². The predicted molar refractivity (Wildman–Crippen MR) is 65.1 cm³/mol. The van der Waals surface area contributed by atoms with Gasteiger partial charge in [-0.2, -0.15) is 4.39 Å². The molecule has 2 aromatic rings. The van der Waals surface area contributed by atoms with Gasteiger partial charge >= 0.3 is 0 Å². The fraction of sp³-hybridized carbons (Fsp3) is 0.0769. The third-order valence-electron chi connectivity index (χ3n) is 2.30. The van der Waals surface area contributed by atoms with E-state index in [0.717, 1.165) is 0 Å². The maximum absolute atomic E-state index is 12.9. The molecule has 1 aromatic carbocycles. The first-order valence-electron chi connectivity index (χ1n) is 5.27. The first-order chi connectivity index (χ1) is 8.69. The molecule has 0 fully saturated rings. The smallest absolute Gasteiger partial charge is 0.274 e. The van der Waals surface area contributed by atoms with Crippen LogP contribution in [0.2, 0.25) is 0 Å². The molecule has 0 atom stereocenters. The Morgan fingerprint density at radius 1 is 1.22 bits per heavy atom. The Labute approximate surface area is 103 Å². The number of halogens is 1. The molecule has 0 spiro atoms. The number of hydrogen-bond acceptors (Lipinski definition) is 3. The van der Waals surface area contributed by atoms with E-state index in [-0.39, 0.29) is 5.69 Å². The summed E-state index contributed by atoms with van der Waals surface area (Å²) >= 11 is 0. The lowest BCUT2D eigenvalue weighted by atomic mass is 10.3. The highest BCUT2D eigenvalue weighted by Gasteiger charge is 2.08. The molecular formula is C13H11FN2O2. The van der Waals surface area contributed by atoms with Crippen molar-refractivity contribution in [1.29, 1.82) is 0 Å². The number of anilines is 1. The lowest BCUT2D eigenvalue weighted by Crippen LogP contribution is -2.14. The minimum atomic E-state index is -0.683. The second kappa shape index (κ2) is 5.27. The number of rotatable bonds is 3. The quantitative estimate of drug-likeness (QED) is 0.846. The molecule has 18 heavy (non-hydrogen) atoms. The fourth-order valence-corrected chi connectivity index (χ4v) is 1.40. The number of carbonyl (C=O) groups is 1. The number of amides is 1. The van der Waals surface area contributed by atoms with Crippen LogP contribution in [0.5, 0.6) is 5.75 Å². The van der Waals surface area contributed by atoms with Gasteiger partial charge in [-0.1, -0.05) is 6.07 Å². The Morgan fingerprint density at radius 2 is 1.94 bits per heavy atom. The zero-order chi connectivity index (χ0) is 13.0. The van der Waals surface area contributed by atoms with Crippen molar-refractivity contribution in [1.82, 2.24) is 4.98 Å². The number of benzene rings is 1. The number of nitrogens with zero attached hydrogens (tertiary/aromatic N) is 1. The van der Waals surface area contributed by atoms with Gasteiger partial charge in [-0.05, 0) is 36.4 Å². The molecule has 92 valence electrons. The molecule has 1 aromatic heterocycles. The van der Waals surface area contributed by atoms with Gasteiger partial charge in [-0.25, -0.2) is 4.98 Å². The van der Waals surface area contributed by atoms with E-state index in [4.69, 9.17) is 4.74 Å². The van der Waals surface area contributed by atoms with Crippen molar-refractivity contribution >= 4 is 11.6 Å². The van der Waals surface area contributed by atoms with Gasteiger partial charge in [-0.3, -0.25) is 4.79 Å². The van der Waals surface area contributed by atoms with Gasteiger partial charge in [0.15, 0.2) is 0 Å². The number of hydrogen-bond donors (Lipinski definition) is 1. The molecule has 2 rings (SSSR count). The number of nitrogens with one attached hydrogen (secondary N) is 1. The summed E-state index contributed by atoms with van der Waals surface area (Å²) in [6.45, 7) is 0.